The summed E-state index contributed by atoms with van der Waals surface area (Å²) < 4.78 is 0. The average molecular weight is 354 g/mol. The quantitative estimate of drug-likeness (QED) is 0.367. The summed E-state index contributed by atoms with van der Waals surface area (Å²) in [6.07, 6.45) is 8.91. The molecule has 96 valence electrons. The van der Waals surface area contributed by atoms with Gasteiger partial charge >= 0.3 is 21.7 Å². The minimum absolute atomic E-state index is 0. The fourth-order valence-electron chi connectivity index (χ4n) is 1.84. The fourth-order valence-corrected chi connectivity index (χ4v) is 4.26. The third-order valence-corrected chi connectivity index (χ3v) is 6.33. The van der Waals surface area contributed by atoms with Crippen LogP contribution in [0.4, 0.5) is 0 Å². The van der Waals surface area contributed by atoms with Gasteiger partial charge in [-0.2, -0.15) is 6.08 Å². The van der Waals surface area contributed by atoms with Crippen LogP contribution in [0.15, 0.2) is 47.7 Å². The van der Waals surface area contributed by atoms with E-state index in [9.17, 15) is 0 Å². The van der Waals surface area contributed by atoms with Gasteiger partial charge in [0.1, 0.15) is 0 Å². The van der Waals surface area contributed by atoms with Crippen molar-refractivity contribution in [3.05, 3.63) is 53.8 Å². The Kier molecular flexibility index (Phi) is 13.5. The molecule has 0 amide bonds. The van der Waals surface area contributed by atoms with Crippen LogP contribution in [-0.2, 0) is 21.7 Å². The first-order chi connectivity index (χ1) is 6.71. The first-order valence-electron chi connectivity index (χ1n) is 5.04. The van der Waals surface area contributed by atoms with Gasteiger partial charge in [0.05, 0.1) is 8.07 Å². The van der Waals surface area contributed by atoms with E-state index in [0.717, 1.165) is 6.42 Å². The van der Waals surface area contributed by atoms with E-state index in [1.807, 2.05) is 0 Å². The van der Waals surface area contributed by atoms with Gasteiger partial charge in [0.15, 0.2) is 0 Å². The van der Waals surface area contributed by atoms with Gasteiger partial charge in [-0.05, 0) is 0 Å². The van der Waals surface area contributed by atoms with Gasteiger partial charge in [0.25, 0.3) is 0 Å². The van der Waals surface area contributed by atoms with E-state index in [1.54, 1.807) is 0 Å². The predicted molar refractivity (Wildman–Crippen MR) is 64.1 cm³/mol. The summed E-state index contributed by atoms with van der Waals surface area (Å²) >= 11 is 0. The molecule has 0 aliphatic heterocycles. The Morgan fingerprint density at radius 1 is 1.00 bits per heavy atom. The standard InChI is InChI=1S/C13H15Si.3ClH.Ti/c1-14(2,13-10-6-7-11-13)12-8-4-3-5-9-12;;;;/h3-6,8-10H,7H2,1-2H3;3*1H;/q-1;;;;+4/p-3. The third-order valence-electron chi connectivity index (χ3n) is 2.86. The Labute approximate surface area is 144 Å². The molecule has 0 N–H and O–H groups in total. The molecule has 0 fully saturated rings. The number of hydrogen-bond acceptors (Lipinski definition) is 0. The van der Waals surface area contributed by atoms with Crippen LogP contribution in [0.1, 0.15) is 6.42 Å². The molecule has 18 heavy (non-hydrogen) atoms. The molecular formula is C13H15Cl3SiTi. The smallest absolute Gasteiger partial charge is 1.00 e. The van der Waals surface area contributed by atoms with Gasteiger partial charge in [0.2, 0.25) is 0 Å². The van der Waals surface area contributed by atoms with Crippen molar-refractivity contribution in [2.24, 2.45) is 0 Å². The molecule has 0 nitrogen and oxygen atoms in total. The van der Waals surface area contributed by atoms with E-state index in [1.165, 1.54) is 10.4 Å². The molecule has 0 radical (unpaired) electrons. The molecule has 1 aliphatic carbocycles. The van der Waals surface area contributed by atoms with Crippen molar-refractivity contribution in [3.63, 3.8) is 0 Å². The van der Waals surface area contributed by atoms with Crippen molar-refractivity contribution in [1.29, 1.82) is 0 Å². The van der Waals surface area contributed by atoms with Gasteiger partial charge in [0, 0.05) is 0 Å². The minimum atomic E-state index is -1.43. The number of allylic oxidation sites excluding steroid dienone is 4. The summed E-state index contributed by atoms with van der Waals surface area (Å²) in [5.74, 6) is 0. The van der Waals surface area contributed by atoms with E-state index in [2.05, 4.69) is 61.7 Å². The van der Waals surface area contributed by atoms with Crippen LogP contribution in [0.25, 0.3) is 0 Å². The molecule has 0 atom stereocenters. The molecule has 5 heteroatoms. The zero-order valence-corrected chi connectivity index (χ0v) is 15.2. The van der Waals surface area contributed by atoms with Crippen LogP contribution in [-0.4, -0.2) is 8.07 Å². The minimum Gasteiger partial charge on any atom is -1.00 e. The average Bonchev–Trinajstić information content (AvgIpc) is 2.72. The first kappa shape index (κ1) is 23.6. The normalized spacial score (nSPS) is 12.2. The largest absolute Gasteiger partial charge is 4.00 e. The Morgan fingerprint density at radius 2 is 1.56 bits per heavy atom. The van der Waals surface area contributed by atoms with Crippen molar-refractivity contribution < 1.29 is 58.9 Å². The van der Waals surface area contributed by atoms with Crippen molar-refractivity contribution in [2.45, 2.75) is 19.5 Å². The molecule has 0 unspecified atom stereocenters. The number of halogens is 3. The molecule has 0 aromatic heterocycles. The topological polar surface area (TPSA) is 0 Å². The third kappa shape index (κ3) is 5.24. The van der Waals surface area contributed by atoms with E-state index in [-0.39, 0.29) is 58.9 Å². The molecular weight excluding hydrogens is 338 g/mol. The van der Waals surface area contributed by atoms with Gasteiger partial charge in [-0.15, -0.1) is 6.42 Å². The summed E-state index contributed by atoms with van der Waals surface area (Å²) in [6, 6.07) is 10.8. The van der Waals surface area contributed by atoms with Gasteiger partial charge in [-0.25, -0.2) is 11.3 Å². The summed E-state index contributed by atoms with van der Waals surface area (Å²) in [7, 11) is -1.43. The predicted octanol–water partition coefficient (Wildman–Crippen LogP) is -6.16. The Hall–Kier alpha value is 0.501. The number of hydrogen-bond donors (Lipinski definition) is 0. The molecule has 0 spiro atoms. The molecule has 0 saturated heterocycles. The second-order valence-corrected chi connectivity index (χ2v) is 8.55. The van der Waals surface area contributed by atoms with Crippen LogP contribution in [0.5, 0.6) is 0 Å². The maximum atomic E-state index is 3.46. The molecule has 1 aromatic carbocycles. The van der Waals surface area contributed by atoms with E-state index in [4.69, 9.17) is 0 Å². The van der Waals surface area contributed by atoms with Crippen molar-refractivity contribution in [1.82, 2.24) is 0 Å². The second-order valence-electron chi connectivity index (χ2n) is 4.19. The van der Waals surface area contributed by atoms with Crippen LogP contribution in [0, 0.1) is 6.08 Å². The van der Waals surface area contributed by atoms with Gasteiger partial charge < -0.3 is 37.2 Å². The molecule has 0 bridgehead atoms. The molecule has 0 saturated carbocycles. The summed E-state index contributed by atoms with van der Waals surface area (Å²) in [5, 5.41) is 2.94. The zero-order chi connectivity index (χ0) is 10.0. The molecule has 0 heterocycles. The molecule has 1 aliphatic rings. The van der Waals surface area contributed by atoms with Gasteiger partial charge in [-0.1, -0.05) is 48.6 Å². The number of rotatable bonds is 2. The van der Waals surface area contributed by atoms with E-state index < -0.39 is 8.07 Å². The van der Waals surface area contributed by atoms with Crippen molar-refractivity contribution in [3.8, 4) is 0 Å². The van der Waals surface area contributed by atoms with Crippen LogP contribution in [0.2, 0.25) is 13.1 Å². The van der Waals surface area contributed by atoms with Crippen molar-refractivity contribution in [2.75, 3.05) is 0 Å². The Morgan fingerprint density at radius 3 is 2.00 bits per heavy atom. The summed E-state index contributed by atoms with van der Waals surface area (Å²) in [4.78, 5) is 0. The molecule has 1 aromatic rings. The first-order valence-corrected chi connectivity index (χ1v) is 8.04. The maximum Gasteiger partial charge on any atom is 4.00 e. The summed E-state index contributed by atoms with van der Waals surface area (Å²) in [5.41, 5.74) is 0. The maximum absolute atomic E-state index is 3.46. The Bertz CT molecular complexity index is 388. The van der Waals surface area contributed by atoms with Crippen LogP contribution in [0.3, 0.4) is 0 Å². The van der Waals surface area contributed by atoms with Gasteiger partial charge in [-0.3, -0.25) is 6.08 Å². The van der Waals surface area contributed by atoms with E-state index in [0.29, 0.717) is 0 Å². The molecule has 2 rings (SSSR count). The monoisotopic (exact) mass is 352 g/mol. The number of benzene rings is 1. The SMILES string of the molecule is C[Si](C)(C1=[C-]CC=C1)c1ccccc1.[Cl-].[Cl-].[Cl-].[Ti+4]. The zero-order valence-electron chi connectivity index (χ0n) is 10.4. The summed E-state index contributed by atoms with van der Waals surface area (Å²) in [6.45, 7) is 4.78. The van der Waals surface area contributed by atoms with Crippen LogP contribution < -0.4 is 42.4 Å². The van der Waals surface area contributed by atoms with E-state index >= 15 is 0 Å². The van der Waals surface area contributed by atoms with Crippen molar-refractivity contribution >= 4 is 13.3 Å². The second kappa shape index (κ2) is 10.3. The fraction of sp³-hybridized carbons (Fsp3) is 0.231. The van der Waals surface area contributed by atoms with Crippen LogP contribution >= 0.6 is 0 Å². The Balaban J connectivity index is -0.000000562.